The molecular formula is C16H16F3NO4. The molecule has 1 aliphatic carbocycles. The molecule has 0 bridgehead atoms. The molecule has 1 aliphatic heterocycles. The first-order valence-corrected chi connectivity index (χ1v) is 7.53. The molecule has 0 radical (unpaired) electrons. The number of alkyl halides is 3. The Morgan fingerprint density at radius 2 is 1.92 bits per heavy atom. The van der Waals surface area contributed by atoms with Crippen LogP contribution in [0, 0.1) is 5.41 Å². The van der Waals surface area contributed by atoms with E-state index < -0.39 is 40.8 Å². The Kier molecular flexibility index (Phi) is 3.82. The quantitative estimate of drug-likeness (QED) is 0.864. The lowest BCUT2D eigenvalue weighted by molar-refractivity contribution is -0.138. The normalized spacial score (nSPS) is 22.5. The van der Waals surface area contributed by atoms with Gasteiger partial charge in [0, 0.05) is 13.1 Å². The molecule has 1 atom stereocenters. The average molecular weight is 343 g/mol. The van der Waals surface area contributed by atoms with Crippen molar-refractivity contribution in [2.24, 2.45) is 5.41 Å². The van der Waals surface area contributed by atoms with Gasteiger partial charge in [0.1, 0.15) is 0 Å². The Morgan fingerprint density at radius 3 is 2.46 bits per heavy atom. The van der Waals surface area contributed by atoms with Crippen LogP contribution in [0.4, 0.5) is 13.2 Å². The fourth-order valence-corrected chi connectivity index (χ4v) is 3.32. The van der Waals surface area contributed by atoms with Crippen molar-refractivity contribution in [1.82, 2.24) is 4.90 Å². The highest BCUT2D eigenvalue weighted by Crippen LogP contribution is 2.52. The predicted octanol–water partition coefficient (Wildman–Crippen LogP) is 2.39. The lowest BCUT2D eigenvalue weighted by atomic mass is 9.92. The second kappa shape index (κ2) is 5.47. The summed E-state index contributed by atoms with van der Waals surface area (Å²) in [5, 5.41) is 18.8. The molecule has 0 aromatic heterocycles. The van der Waals surface area contributed by atoms with Gasteiger partial charge in [0.25, 0.3) is 5.91 Å². The zero-order valence-corrected chi connectivity index (χ0v) is 12.6. The molecule has 1 unspecified atom stereocenters. The first-order chi connectivity index (χ1) is 11.1. The van der Waals surface area contributed by atoms with Gasteiger partial charge in [-0.05, 0) is 42.9 Å². The van der Waals surface area contributed by atoms with Crippen LogP contribution >= 0.6 is 0 Å². The van der Waals surface area contributed by atoms with E-state index in [9.17, 15) is 27.9 Å². The van der Waals surface area contributed by atoms with Crippen LogP contribution in [-0.2, 0) is 6.18 Å². The van der Waals surface area contributed by atoms with E-state index in [-0.39, 0.29) is 12.0 Å². The molecule has 1 amide bonds. The van der Waals surface area contributed by atoms with E-state index in [0.29, 0.717) is 19.0 Å². The average Bonchev–Trinajstić information content (AvgIpc) is 3.22. The maximum atomic E-state index is 13.2. The molecule has 1 saturated carbocycles. The highest BCUT2D eigenvalue weighted by Gasteiger charge is 2.49. The van der Waals surface area contributed by atoms with Gasteiger partial charge in [-0.1, -0.05) is 0 Å². The number of benzene rings is 1. The molecule has 2 aliphatic rings. The van der Waals surface area contributed by atoms with Crippen LogP contribution in [0.1, 0.15) is 45.5 Å². The van der Waals surface area contributed by atoms with E-state index >= 15 is 0 Å². The number of piperidine rings is 1. The summed E-state index contributed by atoms with van der Waals surface area (Å²) in [6.07, 6.45) is -3.35. The summed E-state index contributed by atoms with van der Waals surface area (Å²) >= 11 is 0. The minimum atomic E-state index is -4.85. The third-order valence-electron chi connectivity index (χ3n) is 4.67. The summed E-state index contributed by atoms with van der Waals surface area (Å²) < 4.78 is 39.7. The number of nitrogens with zero attached hydrogens (tertiary/aromatic N) is 1. The van der Waals surface area contributed by atoms with Crippen molar-refractivity contribution >= 4 is 11.9 Å². The van der Waals surface area contributed by atoms with Crippen molar-refractivity contribution in [3.63, 3.8) is 0 Å². The van der Waals surface area contributed by atoms with Crippen molar-refractivity contribution in [2.75, 3.05) is 13.1 Å². The molecule has 2 fully saturated rings. The van der Waals surface area contributed by atoms with Crippen LogP contribution in [0.3, 0.4) is 0 Å². The minimum absolute atomic E-state index is 0.0153. The number of likely N-dealkylation sites (tertiary alicyclic amines) is 1. The van der Waals surface area contributed by atoms with E-state index in [1.165, 1.54) is 4.90 Å². The molecular weight excluding hydrogens is 327 g/mol. The second-order valence-corrected chi connectivity index (χ2v) is 6.61. The number of hydrogen-bond donors (Lipinski definition) is 2. The number of β-amino-alcohol motifs (C(OH)–C–C–N with tert-alkyl or cyclic N) is 1. The van der Waals surface area contributed by atoms with Gasteiger partial charge in [0.05, 0.1) is 22.8 Å². The zero-order valence-electron chi connectivity index (χ0n) is 12.6. The van der Waals surface area contributed by atoms with Crippen molar-refractivity contribution < 1.29 is 33.0 Å². The van der Waals surface area contributed by atoms with Gasteiger partial charge >= 0.3 is 12.1 Å². The number of hydrogen-bond acceptors (Lipinski definition) is 3. The highest BCUT2D eigenvalue weighted by molar-refractivity contribution is 5.98. The molecule has 3 rings (SSSR count). The minimum Gasteiger partial charge on any atom is -0.478 e. The highest BCUT2D eigenvalue weighted by atomic mass is 19.4. The number of halogens is 3. The molecule has 2 N–H and O–H groups in total. The van der Waals surface area contributed by atoms with Gasteiger partial charge in [-0.15, -0.1) is 0 Å². The fraction of sp³-hybridized carbons (Fsp3) is 0.500. The number of carboxylic acids is 1. The van der Waals surface area contributed by atoms with Crippen molar-refractivity contribution in [3.8, 4) is 0 Å². The Hall–Kier alpha value is -2.09. The summed E-state index contributed by atoms with van der Waals surface area (Å²) in [6.45, 7) is 0.305. The van der Waals surface area contributed by atoms with Gasteiger partial charge in [-0.25, -0.2) is 4.79 Å². The molecule has 1 spiro atoms. The summed E-state index contributed by atoms with van der Waals surface area (Å²) in [4.78, 5) is 24.7. The predicted molar refractivity (Wildman–Crippen MR) is 76.6 cm³/mol. The third kappa shape index (κ3) is 3.10. The lowest BCUT2D eigenvalue weighted by Crippen LogP contribution is -2.47. The van der Waals surface area contributed by atoms with Gasteiger partial charge in [-0.2, -0.15) is 13.2 Å². The van der Waals surface area contributed by atoms with E-state index in [4.69, 9.17) is 5.11 Å². The monoisotopic (exact) mass is 343 g/mol. The van der Waals surface area contributed by atoms with Gasteiger partial charge in [0.15, 0.2) is 0 Å². The molecule has 1 aromatic rings. The van der Waals surface area contributed by atoms with Crippen LogP contribution in [-0.4, -0.2) is 46.2 Å². The molecule has 1 heterocycles. The number of rotatable bonds is 2. The molecule has 1 aromatic carbocycles. The van der Waals surface area contributed by atoms with Crippen LogP contribution in [0.15, 0.2) is 18.2 Å². The number of aliphatic hydroxyl groups excluding tert-OH is 1. The van der Waals surface area contributed by atoms with Crippen LogP contribution in [0.25, 0.3) is 0 Å². The van der Waals surface area contributed by atoms with E-state index in [1.54, 1.807) is 0 Å². The van der Waals surface area contributed by atoms with Gasteiger partial charge in [-0.3, -0.25) is 4.79 Å². The molecule has 1 saturated heterocycles. The first-order valence-electron chi connectivity index (χ1n) is 7.53. The Bertz CT molecular complexity index is 697. The molecule has 8 heteroatoms. The smallest absolute Gasteiger partial charge is 0.417 e. The van der Waals surface area contributed by atoms with Crippen molar-refractivity contribution in [2.45, 2.75) is 31.5 Å². The van der Waals surface area contributed by atoms with Gasteiger partial charge < -0.3 is 15.1 Å². The molecule has 130 valence electrons. The Labute approximate surface area is 135 Å². The number of carboxylic acid groups (broad SMARTS) is 1. The molecule has 24 heavy (non-hydrogen) atoms. The van der Waals surface area contributed by atoms with E-state index in [1.807, 2.05) is 0 Å². The van der Waals surface area contributed by atoms with E-state index in [0.717, 1.165) is 25.0 Å². The maximum Gasteiger partial charge on any atom is 0.417 e. The first kappa shape index (κ1) is 16.8. The summed E-state index contributed by atoms with van der Waals surface area (Å²) in [6, 6.07) is 2.36. The number of carbonyl (C=O) groups excluding carboxylic acids is 1. The zero-order chi connectivity index (χ0) is 17.7. The summed E-state index contributed by atoms with van der Waals surface area (Å²) in [7, 11) is 0. The van der Waals surface area contributed by atoms with Crippen molar-refractivity contribution in [1.29, 1.82) is 0 Å². The third-order valence-corrected chi connectivity index (χ3v) is 4.67. The largest absolute Gasteiger partial charge is 0.478 e. The van der Waals surface area contributed by atoms with Crippen LogP contribution < -0.4 is 0 Å². The van der Waals surface area contributed by atoms with E-state index in [2.05, 4.69) is 0 Å². The van der Waals surface area contributed by atoms with Crippen LogP contribution in [0.2, 0.25) is 0 Å². The van der Waals surface area contributed by atoms with Crippen LogP contribution in [0.5, 0.6) is 0 Å². The maximum absolute atomic E-state index is 13.2. The van der Waals surface area contributed by atoms with Crippen molar-refractivity contribution in [3.05, 3.63) is 34.9 Å². The molecule has 5 nitrogen and oxygen atoms in total. The Balaban J connectivity index is 1.95. The summed E-state index contributed by atoms with van der Waals surface area (Å²) in [5.74, 6) is -2.32. The lowest BCUT2D eigenvalue weighted by Gasteiger charge is -2.36. The fourth-order valence-electron chi connectivity index (χ4n) is 3.32. The number of amides is 1. The second-order valence-electron chi connectivity index (χ2n) is 6.61. The number of carbonyl (C=O) groups is 2. The number of aromatic carboxylic acids is 1. The standard InChI is InChI=1S/C16H16F3NO4/c17-16(18,19)12-5-9(14(23)24)1-2-11(12)13(22)20-7-10(21)6-15(8-20)3-4-15/h1-2,5,10,21H,3-4,6-8H2,(H,23,24). The van der Waals surface area contributed by atoms with Gasteiger partial charge in [0.2, 0.25) is 0 Å². The Morgan fingerprint density at radius 1 is 1.25 bits per heavy atom. The number of aliphatic hydroxyl groups is 1. The summed E-state index contributed by atoms with van der Waals surface area (Å²) in [5.41, 5.74) is -2.56. The SMILES string of the molecule is O=C(O)c1ccc(C(=O)N2CC(O)CC3(CC3)C2)c(C(F)(F)F)c1. The topological polar surface area (TPSA) is 77.8 Å².